The Morgan fingerprint density at radius 2 is 2.35 bits per heavy atom. The van der Waals surface area contributed by atoms with Crippen LogP contribution in [0.1, 0.15) is 22.3 Å². The van der Waals surface area contributed by atoms with Crippen molar-refractivity contribution in [1.82, 2.24) is 4.90 Å². The molecule has 92 valence electrons. The zero-order valence-corrected chi connectivity index (χ0v) is 10.6. The smallest absolute Gasteiger partial charge is 0.335 e. The van der Waals surface area contributed by atoms with E-state index >= 15 is 0 Å². The van der Waals surface area contributed by atoms with E-state index in [9.17, 15) is 4.79 Å². The molecule has 17 heavy (non-hydrogen) atoms. The van der Waals surface area contributed by atoms with Crippen molar-refractivity contribution in [1.29, 1.82) is 0 Å². The van der Waals surface area contributed by atoms with E-state index in [0.717, 1.165) is 31.5 Å². The number of rotatable bonds is 3. The van der Waals surface area contributed by atoms with Crippen LogP contribution < -0.4 is 0 Å². The molecule has 4 heteroatoms. The molecule has 1 aromatic carbocycles. The van der Waals surface area contributed by atoms with Gasteiger partial charge in [0.25, 0.3) is 0 Å². The van der Waals surface area contributed by atoms with Crippen molar-refractivity contribution >= 4 is 17.6 Å². The van der Waals surface area contributed by atoms with Gasteiger partial charge in [-0.25, -0.2) is 4.79 Å². The lowest BCUT2D eigenvalue weighted by Crippen LogP contribution is -2.15. The van der Waals surface area contributed by atoms with Gasteiger partial charge in [0.05, 0.1) is 5.56 Å². The fraction of sp³-hybridized carbons (Fsp3) is 0.462. The van der Waals surface area contributed by atoms with Gasteiger partial charge in [-0.1, -0.05) is 11.6 Å². The highest BCUT2D eigenvalue weighted by atomic mass is 35.5. The molecule has 0 aromatic heterocycles. The summed E-state index contributed by atoms with van der Waals surface area (Å²) in [5.41, 5.74) is 1.23. The average Bonchev–Trinajstić information content (AvgIpc) is 2.63. The molecule has 1 unspecified atom stereocenters. The van der Waals surface area contributed by atoms with Gasteiger partial charge in [0, 0.05) is 11.6 Å². The molecular weight excluding hydrogens is 238 g/mol. The molecule has 1 saturated heterocycles. The minimum Gasteiger partial charge on any atom is -0.478 e. The Labute approximate surface area is 106 Å². The predicted octanol–water partition coefficient (Wildman–Crippen LogP) is 2.53. The van der Waals surface area contributed by atoms with Gasteiger partial charge < -0.3 is 10.0 Å². The van der Waals surface area contributed by atoms with E-state index in [1.807, 2.05) is 0 Å². The standard InChI is InChI=1S/C13H16ClNO2/c1-15-5-4-9(8-15)6-10-7-11(14)2-3-12(10)13(16)17/h2-3,7,9H,4-6,8H2,1H3,(H,16,17). The predicted molar refractivity (Wildman–Crippen MR) is 67.7 cm³/mol. The van der Waals surface area contributed by atoms with Crippen LogP contribution in [-0.2, 0) is 6.42 Å². The van der Waals surface area contributed by atoms with Crippen molar-refractivity contribution in [3.63, 3.8) is 0 Å². The quantitative estimate of drug-likeness (QED) is 0.900. The number of hydrogen-bond acceptors (Lipinski definition) is 2. The van der Waals surface area contributed by atoms with Gasteiger partial charge in [-0.3, -0.25) is 0 Å². The maximum atomic E-state index is 11.1. The fourth-order valence-corrected chi connectivity index (χ4v) is 2.64. The Bertz CT molecular complexity index is 433. The molecule has 2 rings (SSSR count). The average molecular weight is 254 g/mol. The Kier molecular flexibility index (Phi) is 3.69. The van der Waals surface area contributed by atoms with Crippen LogP contribution in [0.15, 0.2) is 18.2 Å². The molecule has 1 fully saturated rings. The minimum absolute atomic E-state index is 0.379. The van der Waals surface area contributed by atoms with Crippen LogP contribution in [0.2, 0.25) is 5.02 Å². The Morgan fingerprint density at radius 3 is 2.94 bits per heavy atom. The van der Waals surface area contributed by atoms with E-state index in [-0.39, 0.29) is 0 Å². The van der Waals surface area contributed by atoms with Crippen LogP contribution in [0.4, 0.5) is 0 Å². The molecule has 0 aliphatic carbocycles. The monoisotopic (exact) mass is 253 g/mol. The van der Waals surface area contributed by atoms with Crippen molar-refractivity contribution in [2.75, 3.05) is 20.1 Å². The summed E-state index contributed by atoms with van der Waals surface area (Å²) in [6.45, 7) is 2.12. The zero-order valence-electron chi connectivity index (χ0n) is 9.82. The molecule has 3 nitrogen and oxygen atoms in total. The minimum atomic E-state index is -0.872. The topological polar surface area (TPSA) is 40.5 Å². The van der Waals surface area contributed by atoms with Gasteiger partial charge in [-0.2, -0.15) is 0 Å². The highest BCUT2D eigenvalue weighted by Crippen LogP contribution is 2.24. The Hall–Kier alpha value is -1.06. The van der Waals surface area contributed by atoms with Crippen molar-refractivity contribution in [2.45, 2.75) is 12.8 Å². The summed E-state index contributed by atoms with van der Waals surface area (Å²) in [5, 5.41) is 9.74. The summed E-state index contributed by atoms with van der Waals surface area (Å²) in [6.07, 6.45) is 1.93. The third-order valence-corrected chi connectivity index (χ3v) is 3.53. The van der Waals surface area contributed by atoms with Crippen LogP contribution in [0.25, 0.3) is 0 Å². The van der Waals surface area contributed by atoms with Crippen molar-refractivity contribution in [3.8, 4) is 0 Å². The van der Waals surface area contributed by atoms with Crippen LogP contribution in [0, 0.1) is 5.92 Å². The van der Waals surface area contributed by atoms with Crippen LogP contribution >= 0.6 is 11.6 Å². The lowest BCUT2D eigenvalue weighted by molar-refractivity contribution is 0.0695. The first-order valence-corrected chi connectivity index (χ1v) is 6.14. The summed E-state index contributed by atoms with van der Waals surface area (Å²) in [7, 11) is 2.09. The number of hydrogen-bond donors (Lipinski definition) is 1. The largest absolute Gasteiger partial charge is 0.478 e. The van der Waals surface area contributed by atoms with E-state index < -0.39 is 5.97 Å². The molecule has 1 aliphatic rings. The Morgan fingerprint density at radius 1 is 1.59 bits per heavy atom. The molecule has 0 bridgehead atoms. The number of halogens is 1. The lowest BCUT2D eigenvalue weighted by Gasteiger charge is -2.12. The maximum Gasteiger partial charge on any atom is 0.335 e. The SMILES string of the molecule is CN1CCC(Cc2cc(Cl)ccc2C(=O)O)C1. The zero-order chi connectivity index (χ0) is 12.4. The van der Waals surface area contributed by atoms with E-state index in [4.69, 9.17) is 16.7 Å². The normalized spacial score (nSPS) is 20.7. The molecule has 0 spiro atoms. The second-order valence-corrected chi connectivity index (χ2v) is 5.16. The number of likely N-dealkylation sites (tertiary alicyclic amines) is 1. The van der Waals surface area contributed by atoms with Crippen molar-refractivity contribution in [2.24, 2.45) is 5.92 Å². The van der Waals surface area contributed by atoms with Gasteiger partial charge in [-0.15, -0.1) is 0 Å². The highest BCUT2D eigenvalue weighted by Gasteiger charge is 2.22. The van der Waals surface area contributed by atoms with Crippen molar-refractivity contribution in [3.05, 3.63) is 34.3 Å². The van der Waals surface area contributed by atoms with Gasteiger partial charge in [0.1, 0.15) is 0 Å². The molecule has 1 heterocycles. The molecule has 1 N–H and O–H groups in total. The summed E-state index contributed by atoms with van der Waals surface area (Å²) in [6, 6.07) is 5.01. The molecule has 1 aliphatic heterocycles. The van der Waals surface area contributed by atoms with Gasteiger partial charge in [0.15, 0.2) is 0 Å². The number of benzene rings is 1. The van der Waals surface area contributed by atoms with Gasteiger partial charge >= 0.3 is 5.97 Å². The van der Waals surface area contributed by atoms with Gasteiger partial charge in [-0.05, 0) is 56.1 Å². The van der Waals surface area contributed by atoms with Crippen LogP contribution in [-0.4, -0.2) is 36.1 Å². The second kappa shape index (κ2) is 5.07. The van der Waals surface area contributed by atoms with E-state index in [1.165, 1.54) is 0 Å². The number of carboxylic acid groups (broad SMARTS) is 1. The van der Waals surface area contributed by atoms with E-state index in [0.29, 0.717) is 16.5 Å². The molecule has 0 radical (unpaired) electrons. The summed E-state index contributed by atoms with van der Waals surface area (Å²) in [5.74, 6) is -0.334. The first kappa shape index (κ1) is 12.4. The number of aromatic carboxylic acids is 1. The first-order chi connectivity index (χ1) is 8.06. The maximum absolute atomic E-state index is 11.1. The van der Waals surface area contributed by atoms with Gasteiger partial charge in [0.2, 0.25) is 0 Å². The summed E-state index contributed by atoms with van der Waals surface area (Å²) < 4.78 is 0. The molecule has 1 atom stereocenters. The number of nitrogens with zero attached hydrogens (tertiary/aromatic N) is 1. The van der Waals surface area contributed by atoms with Crippen LogP contribution in [0.3, 0.4) is 0 Å². The molecular formula is C13H16ClNO2. The molecule has 0 amide bonds. The summed E-state index contributed by atoms with van der Waals surface area (Å²) >= 11 is 5.93. The number of carbonyl (C=O) groups is 1. The second-order valence-electron chi connectivity index (χ2n) is 4.73. The van der Waals surface area contributed by atoms with Crippen LogP contribution in [0.5, 0.6) is 0 Å². The Balaban J connectivity index is 2.19. The lowest BCUT2D eigenvalue weighted by atomic mass is 9.95. The van der Waals surface area contributed by atoms with E-state index in [1.54, 1.807) is 18.2 Å². The molecule has 0 saturated carbocycles. The fourth-order valence-electron chi connectivity index (χ4n) is 2.44. The summed E-state index contributed by atoms with van der Waals surface area (Å²) in [4.78, 5) is 13.4. The molecule has 1 aromatic rings. The third-order valence-electron chi connectivity index (χ3n) is 3.30. The van der Waals surface area contributed by atoms with E-state index in [2.05, 4.69) is 11.9 Å². The van der Waals surface area contributed by atoms with Crippen molar-refractivity contribution < 1.29 is 9.90 Å². The third kappa shape index (κ3) is 2.99. The number of carboxylic acids is 1. The first-order valence-electron chi connectivity index (χ1n) is 5.76. The highest BCUT2D eigenvalue weighted by molar-refractivity contribution is 6.30.